The highest BCUT2D eigenvalue weighted by Crippen LogP contribution is 2.23. The lowest BCUT2D eigenvalue weighted by molar-refractivity contribution is 0.0791. The Kier molecular flexibility index (Phi) is 7.18. The highest BCUT2D eigenvalue weighted by molar-refractivity contribution is 5.95. The number of hydrogen-bond acceptors (Lipinski definition) is 5. The fourth-order valence-electron chi connectivity index (χ4n) is 3.27. The van der Waals surface area contributed by atoms with Crippen LogP contribution in [0.15, 0.2) is 60.1 Å². The van der Waals surface area contributed by atoms with Crippen molar-refractivity contribution in [1.29, 1.82) is 0 Å². The summed E-state index contributed by atoms with van der Waals surface area (Å²) < 4.78 is 7.43. The van der Waals surface area contributed by atoms with Crippen LogP contribution in [0.2, 0.25) is 0 Å². The van der Waals surface area contributed by atoms with Gasteiger partial charge in [-0.1, -0.05) is 32.1 Å². The molecule has 2 aromatic heterocycles. The number of nitrogens with zero attached hydrogens (tertiary/aromatic N) is 5. The van der Waals surface area contributed by atoms with E-state index in [-0.39, 0.29) is 5.91 Å². The third kappa shape index (κ3) is 5.36. The van der Waals surface area contributed by atoms with E-state index in [9.17, 15) is 4.79 Å². The number of aryl methyl sites for hydroxylation is 2. The van der Waals surface area contributed by atoms with Gasteiger partial charge in [0.05, 0.1) is 5.69 Å². The van der Waals surface area contributed by atoms with Gasteiger partial charge in [-0.25, -0.2) is 4.68 Å². The average molecular weight is 420 g/mol. The predicted octanol–water partition coefficient (Wildman–Crippen LogP) is 4.63. The molecule has 1 amide bonds. The van der Waals surface area contributed by atoms with Crippen LogP contribution in [0, 0.1) is 12.8 Å². The van der Waals surface area contributed by atoms with Crippen LogP contribution in [0.25, 0.3) is 17.3 Å². The zero-order valence-corrected chi connectivity index (χ0v) is 18.4. The van der Waals surface area contributed by atoms with E-state index in [1.165, 1.54) is 0 Å². The quantitative estimate of drug-likeness (QED) is 0.448. The van der Waals surface area contributed by atoms with Crippen molar-refractivity contribution in [3.63, 3.8) is 0 Å². The monoisotopic (exact) mass is 419 g/mol. The van der Waals surface area contributed by atoms with Gasteiger partial charge >= 0.3 is 0 Å². The first-order chi connectivity index (χ1) is 14.9. The average Bonchev–Trinajstić information content (AvgIpc) is 3.38. The van der Waals surface area contributed by atoms with Crippen molar-refractivity contribution in [2.45, 2.75) is 33.6 Å². The number of aromatic nitrogens is 4. The Morgan fingerprint density at radius 2 is 1.94 bits per heavy atom. The second-order valence-corrected chi connectivity index (χ2v) is 7.83. The highest BCUT2D eigenvalue weighted by atomic mass is 16.4. The maximum Gasteiger partial charge on any atom is 0.268 e. The van der Waals surface area contributed by atoms with Gasteiger partial charge in [0.1, 0.15) is 5.69 Å². The summed E-state index contributed by atoms with van der Waals surface area (Å²) in [7, 11) is 0. The number of hydrogen-bond donors (Lipinski definition) is 0. The lowest BCUT2D eigenvalue weighted by atomic mass is 10.1. The van der Waals surface area contributed by atoms with Crippen LogP contribution >= 0.6 is 0 Å². The molecular formula is C24H29N5O2. The molecule has 1 aromatic carbocycles. The molecule has 7 heteroatoms. The number of carbonyl (C=O) groups is 1. The summed E-state index contributed by atoms with van der Waals surface area (Å²) >= 11 is 0. The lowest BCUT2D eigenvalue weighted by Gasteiger charge is -2.19. The van der Waals surface area contributed by atoms with E-state index in [1.54, 1.807) is 24.0 Å². The van der Waals surface area contributed by atoms with Crippen LogP contribution in [-0.2, 0) is 6.42 Å². The summed E-state index contributed by atoms with van der Waals surface area (Å²) in [5.41, 5.74) is 3.04. The molecule has 0 bridgehead atoms. The lowest BCUT2D eigenvalue weighted by Crippen LogP contribution is -2.31. The molecule has 0 radical (unpaired) electrons. The molecule has 0 N–H and O–H groups in total. The van der Waals surface area contributed by atoms with Crippen LogP contribution in [-0.4, -0.2) is 43.9 Å². The molecule has 7 nitrogen and oxygen atoms in total. The van der Waals surface area contributed by atoms with Crippen molar-refractivity contribution in [1.82, 2.24) is 24.9 Å². The van der Waals surface area contributed by atoms with Crippen molar-refractivity contribution in [2.75, 3.05) is 13.1 Å². The molecule has 31 heavy (non-hydrogen) atoms. The van der Waals surface area contributed by atoms with Gasteiger partial charge in [-0.2, -0.15) is 5.10 Å². The minimum atomic E-state index is -0.0784. The molecule has 0 fully saturated rings. The van der Waals surface area contributed by atoms with Gasteiger partial charge in [-0.05, 0) is 43.0 Å². The van der Waals surface area contributed by atoms with E-state index >= 15 is 0 Å². The largest absolute Gasteiger partial charge is 0.420 e. The van der Waals surface area contributed by atoms with Crippen LogP contribution in [0.3, 0.4) is 0 Å². The van der Waals surface area contributed by atoms with Crippen LogP contribution in [0.4, 0.5) is 0 Å². The first-order valence-electron chi connectivity index (χ1n) is 10.4. The number of benzene rings is 1. The zero-order valence-electron chi connectivity index (χ0n) is 18.4. The summed E-state index contributed by atoms with van der Waals surface area (Å²) in [5.74, 6) is 1.35. The number of amides is 1. The minimum absolute atomic E-state index is 0.0784. The normalized spacial score (nSPS) is 11.0. The Morgan fingerprint density at radius 1 is 1.19 bits per heavy atom. The smallest absolute Gasteiger partial charge is 0.268 e. The maximum atomic E-state index is 13.0. The molecular weight excluding hydrogens is 390 g/mol. The fraction of sp³-hybridized carbons (Fsp3) is 0.333. The topological polar surface area (TPSA) is 77.1 Å². The van der Waals surface area contributed by atoms with Gasteiger partial charge in [0.25, 0.3) is 11.8 Å². The van der Waals surface area contributed by atoms with Crippen molar-refractivity contribution in [2.24, 2.45) is 5.92 Å². The van der Waals surface area contributed by atoms with E-state index in [1.807, 2.05) is 35.0 Å². The second kappa shape index (κ2) is 10.0. The van der Waals surface area contributed by atoms with Gasteiger partial charge in [0.15, 0.2) is 0 Å². The van der Waals surface area contributed by atoms with Crippen molar-refractivity contribution in [3.8, 4) is 17.3 Å². The standard InChI is InChI=1S/C24H29N5O2/c1-6-13-28(14-7-2)24(30)19-9-8-10-20(15-19)29-21(12-11-17(3)4)16-22(27-29)23-26-25-18(5)31-23/h6-10,15-17H,1-2,11-14H2,3-5H3. The maximum absolute atomic E-state index is 13.0. The van der Waals surface area contributed by atoms with E-state index in [0.29, 0.717) is 42.0 Å². The Balaban J connectivity index is 1.99. The van der Waals surface area contributed by atoms with Crippen LogP contribution in [0.1, 0.15) is 42.2 Å². The molecule has 0 aliphatic carbocycles. The van der Waals surface area contributed by atoms with Gasteiger partial charge in [-0.3, -0.25) is 4.79 Å². The van der Waals surface area contributed by atoms with Crippen LogP contribution < -0.4 is 0 Å². The summed E-state index contributed by atoms with van der Waals surface area (Å²) in [4.78, 5) is 14.7. The Bertz CT molecular complexity index is 1050. The van der Waals surface area contributed by atoms with Crippen molar-refractivity contribution >= 4 is 5.91 Å². The van der Waals surface area contributed by atoms with Gasteiger partial charge < -0.3 is 9.32 Å². The first kappa shape index (κ1) is 22.2. The van der Waals surface area contributed by atoms with E-state index in [4.69, 9.17) is 9.52 Å². The summed E-state index contributed by atoms with van der Waals surface area (Å²) in [5, 5.41) is 12.7. The summed E-state index contributed by atoms with van der Waals surface area (Å²) in [6, 6.07) is 9.45. The molecule has 0 spiro atoms. The molecule has 0 unspecified atom stereocenters. The number of rotatable bonds is 10. The minimum Gasteiger partial charge on any atom is -0.420 e. The highest BCUT2D eigenvalue weighted by Gasteiger charge is 2.18. The van der Waals surface area contributed by atoms with Crippen LogP contribution in [0.5, 0.6) is 0 Å². The third-order valence-electron chi connectivity index (χ3n) is 4.83. The second-order valence-electron chi connectivity index (χ2n) is 7.83. The molecule has 3 rings (SSSR count). The molecule has 3 aromatic rings. The van der Waals surface area contributed by atoms with Gasteiger partial charge in [0.2, 0.25) is 5.89 Å². The third-order valence-corrected chi connectivity index (χ3v) is 4.83. The van der Waals surface area contributed by atoms with Gasteiger partial charge in [0, 0.05) is 31.3 Å². The van der Waals surface area contributed by atoms with Crippen molar-refractivity contribution < 1.29 is 9.21 Å². The zero-order chi connectivity index (χ0) is 22.4. The Morgan fingerprint density at radius 3 is 2.55 bits per heavy atom. The van der Waals surface area contributed by atoms with E-state index < -0.39 is 0 Å². The molecule has 2 heterocycles. The molecule has 162 valence electrons. The summed E-state index contributed by atoms with van der Waals surface area (Å²) in [6.07, 6.45) is 5.27. The molecule has 0 aliphatic heterocycles. The fourth-order valence-corrected chi connectivity index (χ4v) is 3.27. The van der Waals surface area contributed by atoms with E-state index in [0.717, 1.165) is 24.2 Å². The van der Waals surface area contributed by atoms with E-state index in [2.05, 4.69) is 37.2 Å². The first-order valence-corrected chi connectivity index (χ1v) is 10.4. The number of carbonyl (C=O) groups excluding carboxylic acids is 1. The molecule has 0 saturated carbocycles. The summed E-state index contributed by atoms with van der Waals surface area (Å²) in [6.45, 7) is 14.5. The Hall–Kier alpha value is -3.48. The molecule has 0 saturated heterocycles. The molecule has 0 aliphatic rings. The van der Waals surface area contributed by atoms with Crippen molar-refractivity contribution in [3.05, 3.63) is 72.8 Å². The molecule has 0 atom stereocenters. The predicted molar refractivity (Wildman–Crippen MR) is 121 cm³/mol. The van der Waals surface area contributed by atoms with Gasteiger partial charge in [-0.15, -0.1) is 23.4 Å². The SMILES string of the molecule is C=CCN(CC=C)C(=O)c1cccc(-n2nc(-c3nnc(C)o3)cc2CCC(C)C)c1. The Labute approximate surface area is 183 Å².